The Morgan fingerprint density at radius 1 is 1.06 bits per heavy atom. The van der Waals surface area contributed by atoms with Gasteiger partial charge in [0.2, 0.25) is 0 Å². The number of nitrogen functional groups attached to an aromatic ring is 1. The number of ether oxygens (including phenoxy) is 1. The fraction of sp³-hybridized carbons (Fsp3) is 0.227. The number of nitrogens with zero attached hydrogens (tertiary/aromatic N) is 3. The van der Waals surface area contributed by atoms with Crippen LogP contribution in [-0.4, -0.2) is 33.7 Å². The summed E-state index contributed by atoms with van der Waals surface area (Å²) in [6, 6.07) is 11.0. The lowest BCUT2D eigenvalue weighted by Gasteiger charge is -2.28. The molecule has 0 radical (unpaired) electrons. The van der Waals surface area contributed by atoms with Crippen LogP contribution in [-0.2, 0) is 11.3 Å². The number of urea groups is 1. The van der Waals surface area contributed by atoms with Crippen molar-refractivity contribution in [1.82, 2.24) is 9.88 Å². The summed E-state index contributed by atoms with van der Waals surface area (Å²) in [5, 5.41) is 0.693. The summed E-state index contributed by atoms with van der Waals surface area (Å²) in [5.74, 6) is -0.950. The molecule has 0 aliphatic carbocycles. The first-order valence-electron chi connectivity index (χ1n) is 9.63. The lowest BCUT2D eigenvalue weighted by atomic mass is 10.0. The van der Waals surface area contributed by atoms with Crippen LogP contribution in [0.3, 0.4) is 0 Å². The van der Waals surface area contributed by atoms with E-state index in [1.165, 1.54) is 17.0 Å². The average molecular weight is 444 g/mol. The quantitative estimate of drug-likeness (QED) is 0.474. The van der Waals surface area contributed by atoms with Crippen molar-refractivity contribution in [3.05, 3.63) is 60.3 Å². The molecule has 0 spiro atoms. The van der Waals surface area contributed by atoms with Gasteiger partial charge in [0.15, 0.2) is 0 Å². The summed E-state index contributed by atoms with van der Waals surface area (Å²) in [6.45, 7) is 3.32. The highest BCUT2D eigenvalue weighted by Gasteiger charge is 2.51. The number of rotatable bonds is 4. The van der Waals surface area contributed by atoms with Gasteiger partial charge in [-0.15, -0.1) is 13.2 Å². The zero-order valence-electron chi connectivity index (χ0n) is 17.2. The Balaban J connectivity index is 1.66. The van der Waals surface area contributed by atoms with E-state index in [2.05, 4.69) is 9.72 Å². The van der Waals surface area contributed by atoms with Gasteiger partial charge in [0.25, 0.3) is 5.91 Å². The van der Waals surface area contributed by atoms with E-state index in [-0.39, 0.29) is 12.2 Å². The van der Waals surface area contributed by atoms with E-state index in [1.54, 1.807) is 44.3 Å². The molecule has 2 N–H and O–H groups in total. The predicted octanol–water partition coefficient (Wildman–Crippen LogP) is 4.46. The first kappa shape index (κ1) is 21.4. The second kappa shape index (κ2) is 7.40. The van der Waals surface area contributed by atoms with Gasteiger partial charge >= 0.3 is 12.4 Å². The number of carbonyl (C=O) groups excluding carboxylic acids is 2. The topological polar surface area (TPSA) is 88.8 Å². The largest absolute Gasteiger partial charge is 0.573 e. The molecule has 0 bridgehead atoms. The highest BCUT2D eigenvalue weighted by molar-refractivity contribution is 6.23. The zero-order valence-corrected chi connectivity index (χ0v) is 17.2. The van der Waals surface area contributed by atoms with Gasteiger partial charge in [-0.25, -0.2) is 9.69 Å². The minimum Gasteiger partial charge on any atom is -0.406 e. The van der Waals surface area contributed by atoms with Crippen LogP contribution >= 0.6 is 0 Å². The molecule has 3 amide bonds. The number of benzene rings is 2. The number of nitrogens with two attached hydrogens (primary N) is 1. The van der Waals surface area contributed by atoms with Crippen molar-refractivity contribution < 1.29 is 27.5 Å². The molecule has 1 saturated heterocycles. The smallest absolute Gasteiger partial charge is 0.406 e. The summed E-state index contributed by atoms with van der Waals surface area (Å²) in [7, 11) is 0. The van der Waals surface area contributed by atoms with Gasteiger partial charge in [-0.2, -0.15) is 0 Å². The van der Waals surface area contributed by atoms with Crippen LogP contribution in [0.4, 0.5) is 29.3 Å². The normalized spacial score (nSPS) is 16.2. The molecule has 2 aromatic carbocycles. The second-order valence-corrected chi connectivity index (χ2v) is 7.82. The molecule has 1 aliphatic rings. The summed E-state index contributed by atoms with van der Waals surface area (Å²) in [6.07, 6.45) is -3.24. The standard InChI is InChI=1S/C22H19F3N4O3/c1-21(2)19(30)29(14-6-8-15(9-7-14)32-22(23,24)25)20(31)28(21)12-13-10-11-27-17-5-3-4-16(26)18(13)17/h3-11H,12,26H2,1-2H3. The van der Waals surface area contributed by atoms with Crippen molar-refractivity contribution in [3.63, 3.8) is 0 Å². The van der Waals surface area contributed by atoms with Gasteiger partial charge in [-0.1, -0.05) is 6.07 Å². The van der Waals surface area contributed by atoms with Gasteiger partial charge in [-0.3, -0.25) is 9.78 Å². The van der Waals surface area contributed by atoms with Crippen molar-refractivity contribution in [2.45, 2.75) is 32.3 Å². The molecule has 7 nitrogen and oxygen atoms in total. The molecule has 4 rings (SSSR count). The molecule has 10 heteroatoms. The van der Waals surface area contributed by atoms with Gasteiger partial charge in [0.1, 0.15) is 11.3 Å². The van der Waals surface area contributed by atoms with E-state index in [0.29, 0.717) is 16.6 Å². The number of hydrogen-bond acceptors (Lipinski definition) is 5. The Kier molecular flexibility index (Phi) is 4.95. The minimum atomic E-state index is -4.84. The Labute approximate surface area is 181 Å². The summed E-state index contributed by atoms with van der Waals surface area (Å²) < 4.78 is 41.1. The van der Waals surface area contributed by atoms with Crippen LogP contribution in [0.1, 0.15) is 19.4 Å². The van der Waals surface area contributed by atoms with Crippen LogP contribution in [0.2, 0.25) is 0 Å². The number of halogens is 3. The van der Waals surface area contributed by atoms with E-state index in [4.69, 9.17) is 5.73 Å². The van der Waals surface area contributed by atoms with Crippen LogP contribution in [0.15, 0.2) is 54.7 Å². The van der Waals surface area contributed by atoms with Crippen molar-refractivity contribution >= 4 is 34.2 Å². The minimum absolute atomic E-state index is 0.0938. The molecule has 32 heavy (non-hydrogen) atoms. The first-order valence-corrected chi connectivity index (χ1v) is 9.63. The first-order chi connectivity index (χ1) is 15.0. The highest BCUT2D eigenvalue weighted by atomic mass is 19.4. The summed E-state index contributed by atoms with van der Waals surface area (Å²) >= 11 is 0. The number of pyridine rings is 1. The number of anilines is 2. The fourth-order valence-electron chi connectivity index (χ4n) is 3.73. The highest BCUT2D eigenvalue weighted by Crippen LogP contribution is 2.36. The predicted molar refractivity (Wildman–Crippen MR) is 112 cm³/mol. The number of imide groups is 1. The van der Waals surface area contributed by atoms with Crippen molar-refractivity contribution in [1.29, 1.82) is 0 Å². The van der Waals surface area contributed by atoms with E-state index in [9.17, 15) is 22.8 Å². The SMILES string of the molecule is CC1(C)C(=O)N(c2ccc(OC(F)(F)F)cc2)C(=O)N1Cc1ccnc2cccc(N)c12. The van der Waals surface area contributed by atoms with Gasteiger partial charge in [0, 0.05) is 23.8 Å². The molecule has 0 unspecified atom stereocenters. The third-order valence-corrected chi connectivity index (χ3v) is 5.37. The number of carbonyl (C=O) groups is 2. The van der Waals surface area contributed by atoms with Crippen molar-refractivity contribution in [2.24, 2.45) is 0 Å². The van der Waals surface area contributed by atoms with E-state index >= 15 is 0 Å². The van der Waals surface area contributed by atoms with Crippen LogP contribution in [0.25, 0.3) is 10.9 Å². The Hall–Kier alpha value is -3.82. The van der Waals surface area contributed by atoms with E-state index in [0.717, 1.165) is 22.6 Å². The maximum Gasteiger partial charge on any atom is 0.573 e. The Bertz CT molecular complexity index is 1200. The lowest BCUT2D eigenvalue weighted by molar-refractivity contribution is -0.274. The molecule has 1 fully saturated rings. The monoisotopic (exact) mass is 444 g/mol. The molecular weight excluding hydrogens is 425 g/mol. The second-order valence-electron chi connectivity index (χ2n) is 7.82. The van der Waals surface area contributed by atoms with Crippen LogP contribution in [0.5, 0.6) is 5.75 Å². The fourth-order valence-corrected chi connectivity index (χ4v) is 3.73. The third-order valence-electron chi connectivity index (χ3n) is 5.37. The van der Waals surface area contributed by atoms with Gasteiger partial charge < -0.3 is 15.4 Å². The van der Waals surface area contributed by atoms with Crippen molar-refractivity contribution in [3.8, 4) is 5.75 Å². The summed E-state index contributed by atoms with van der Waals surface area (Å²) in [5.41, 5.74) is 6.95. The molecule has 0 saturated carbocycles. The molecule has 1 aromatic heterocycles. The maximum absolute atomic E-state index is 13.2. The maximum atomic E-state index is 13.2. The van der Waals surface area contributed by atoms with Crippen molar-refractivity contribution in [2.75, 3.05) is 10.6 Å². The van der Waals surface area contributed by atoms with E-state index < -0.39 is 29.6 Å². The van der Waals surface area contributed by atoms with Gasteiger partial charge in [-0.05, 0) is 61.9 Å². The molecule has 2 heterocycles. The Morgan fingerprint density at radius 3 is 2.41 bits per heavy atom. The summed E-state index contributed by atoms with van der Waals surface area (Å²) in [4.78, 5) is 33.0. The van der Waals surface area contributed by atoms with Gasteiger partial charge in [0.05, 0.1) is 11.2 Å². The van der Waals surface area contributed by atoms with E-state index in [1.807, 2.05) is 0 Å². The molecule has 166 valence electrons. The molecule has 3 aromatic rings. The van der Waals surface area contributed by atoms with Crippen LogP contribution in [0, 0.1) is 0 Å². The average Bonchev–Trinajstić information content (AvgIpc) is 2.87. The van der Waals surface area contributed by atoms with Crippen LogP contribution < -0.4 is 15.4 Å². The number of hydrogen-bond donors (Lipinski definition) is 1. The number of amides is 3. The Morgan fingerprint density at radius 2 is 1.75 bits per heavy atom. The zero-order chi connectivity index (χ0) is 23.3. The molecule has 0 atom stereocenters. The number of fused-ring (bicyclic) bond motifs is 1. The lowest BCUT2D eigenvalue weighted by Crippen LogP contribution is -2.43. The number of alkyl halides is 3. The third kappa shape index (κ3) is 3.68. The molecule has 1 aliphatic heterocycles. The number of aromatic nitrogens is 1. The molecular formula is C22H19F3N4O3.